The number of aliphatic carboxylic acids is 1. The Hall–Kier alpha value is -4.27. The number of rotatable bonds is 16. The average molecular weight is 647 g/mol. The topological polar surface area (TPSA) is 227 Å². The second-order valence-electron chi connectivity index (χ2n) is 10.3. The Balaban J connectivity index is 1.72. The highest BCUT2D eigenvalue weighted by atomic mass is 35.5. The number of aromatic nitrogens is 1. The second-order valence-corrected chi connectivity index (χ2v) is 12.2. The largest absolute Gasteiger partial charge is 0.481 e. The molecule has 0 bridgehead atoms. The van der Waals surface area contributed by atoms with E-state index in [1.54, 1.807) is 30.5 Å². The highest BCUT2D eigenvalue weighted by Crippen LogP contribution is 2.19. The van der Waals surface area contributed by atoms with Crippen LogP contribution in [0.25, 0.3) is 10.9 Å². The van der Waals surface area contributed by atoms with Gasteiger partial charge in [0.25, 0.3) is 0 Å². The summed E-state index contributed by atoms with van der Waals surface area (Å²) in [6.45, 7) is 0. The second kappa shape index (κ2) is 16.0. The highest BCUT2D eigenvalue weighted by Gasteiger charge is 2.31. The Kier molecular flexibility index (Phi) is 12.4. The van der Waals surface area contributed by atoms with Crippen molar-refractivity contribution in [2.75, 3.05) is 12.0 Å². The predicted molar refractivity (Wildman–Crippen MR) is 166 cm³/mol. The SMILES string of the molecule is CS(=O)CC[C@H](NC(=O)[C@H](N)Cc1c[nH]c2ccccc12)C(=O)N[C@@H](CC(=O)O)C(=O)N[C@@H](Cc1cccc(Cl)c1)C(N)=O. The van der Waals surface area contributed by atoms with Gasteiger partial charge >= 0.3 is 5.97 Å². The van der Waals surface area contributed by atoms with Crippen LogP contribution in [0.15, 0.2) is 54.7 Å². The van der Waals surface area contributed by atoms with Crippen molar-refractivity contribution in [1.82, 2.24) is 20.9 Å². The highest BCUT2D eigenvalue weighted by molar-refractivity contribution is 7.84. The summed E-state index contributed by atoms with van der Waals surface area (Å²) in [6, 6.07) is 8.77. The number of carbonyl (C=O) groups excluding carboxylic acids is 4. The van der Waals surface area contributed by atoms with Crippen molar-refractivity contribution < 1.29 is 33.3 Å². The maximum absolute atomic E-state index is 13.3. The lowest BCUT2D eigenvalue weighted by atomic mass is 10.0. The van der Waals surface area contributed by atoms with Gasteiger partial charge in [-0.3, -0.25) is 28.2 Å². The van der Waals surface area contributed by atoms with E-state index in [4.69, 9.17) is 23.1 Å². The first kappa shape index (κ1) is 34.2. The van der Waals surface area contributed by atoms with Gasteiger partial charge in [0.2, 0.25) is 23.6 Å². The number of H-pyrrole nitrogens is 1. The van der Waals surface area contributed by atoms with Crippen LogP contribution in [0.1, 0.15) is 24.0 Å². The first-order valence-electron chi connectivity index (χ1n) is 13.6. The fraction of sp³-hybridized carbons (Fsp3) is 0.345. The van der Waals surface area contributed by atoms with Gasteiger partial charge in [-0.1, -0.05) is 41.9 Å². The Morgan fingerprint density at radius 3 is 2.25 bits per heavy atom. The molecule has 4 amide bonds. The van der Waals surface area contributed by atoms with Crippen molar-refractivity contribution in [3.05, 3.63) is 70.9 Å². The molecule has 236 valence electrons. The summed E-state index contributed by atoms with van der Waals surface area (Å²) >= 11 is 5.99. The standard InChI is InChI=1S/C29H35ClN6O7S/c1-44(43)10-9-22(34-27(40)20(31)13-17-15-33-21-8-3-2-7-19(17)21)28(41)36-24(14-25(37)38)29(42)35-23(26(32)39)12-16-5-4-6-18(30)11-16/h2-8,11,15,20,22-24,33H,9-10,12-14,31H2,1H3,(H2,32,39)(H,34,40)(H,35,42)(H,36,41)(H,37,38)/t20-,22+,23+,24+,44?/m1/s1. The Bertz CT molecular complexity index is 1550. The van der Waals surface area contributed by atoms with Crippen LogP contribution in [-0.2, 0) is 47.6 Å². The molecule has 0 spiro atoms. The summed E-state index contributed by atoms with van der Waals surface area (Å²) in [5, 5.41) is 18.0. The number of hydrogen-bond donors (Lipinski definition) is 7. The summed E-state index contributed by atoms with van der Waals surface area (Å²) in [5.41, 5.74) is 13.9. The number of benzene rings is 2. The molecule has 0 aliphatic rings. The summed E-state index contributed by atoms with van der Waals surface area (Å²) in [4.78, 5) is 66.2. The molecule has 0 aliphatic carbocycles. The van der Waals surface area contributed by atoms with E-state index in [-0.39, 0.29) is 25.0 Å². The number of carbonyl (C=O) groups is 5. The van der Waals surface area contributed by atoms with E-state index in [0.29, 0.717) is 10.6 Å². The van der Waals surface area contributed by atoms with Crippen LogP contribution in [0.5, 0.6) is 0 Å². The molecular weight excluding hydrogens is 612 g/mol. The van der Waals surface area contributed by atoms with Gasteiger partial charge in [0.15, 0.2) is 0 Å². The lowest BCUT2D eigenvalue weighted by Crippen LogP contribution is -2.58. The summed E-state index contributed by atoms with van der Waals surface area (Å²) in [5.74, 6) is -4.83. The van der Waals surface area contributed by atoms with E-state index < -0.39 is 71.0 Å². The van der Waals surface area contributed by atoms with Crippen molar-refractivity contribution in [3.8, 4) is 0 Å². The molecule has 0 saturated carbocycles. The van der Waals surface area contributed by atoms with Crippen molar-refractivity contribution in [1.29, 1.82) is 0 Å². The van der Waals surface area contributed by atoms with Gasteiger partial charge in [-0.15, -0.1) is 0 Å². The summed E-state index contributed by atoms with van der Waals surface area (Å²) < 4.78 is 11.8. The van der Waals surface area contributed by atoms with E-state index in [9.17, 15) is 33.3 Å². The third-order valence-corrected chi connectivity index (χ3v) is 7.82. The van der Waals surface area contributed by atoms with Gasteiger partial charge in [-0.2, -0.15) is 0 Å². The summed E-state index contributed by atoms with van der Waals surface area (Å²) in [7, 11) is -1.34. The molecule has 0 fully saturated rings. The average Bonchev–Trinajstić information content (AvgIpc) is 3.36. The van der Waals surface area contributed by atoms with Gasteiger partial charge < -0.3 is 37.5 Å². The number of carboxylic acid groups (broad SMARTS) is 1. The quantitative estimate of drug-likeness (QED) is 0.113. The first-order valence-corrected chi connectivity index (χ1v) is 15.7. The number of carboxylic acids is 1. The minimum atomic E-state index is -1.63. The number of nitrogens with one attached hydrogen (secondary N) is 4. The number of fused-ring (bicyclic) bond motifs is 1. The zero-order valence-electron chi connectivity index (χ0n) is 23.9. The first-order chi connectivity index (χ1) is 20.8. The molecular formula is C29H35ClN6O7S. The molecule has 1 heterocycles. The molecule has 2 aromatic carbocycles. The minimum absolute atomic E-state index is 0.0230. The zero-order chi connectivity index (χ0) is 32.4. The van der Waals surface area contributed by atoms with E-state index in [1.807, 2.05) is 24.3 Å². The maximum atomic E-state index is 13.3. The van der Waals surface area contributed by atoms with E-state index in [2.05, 4.69) is 20.9 Å². The molecule has 3 aromatic rings. The van der Waals surface area contributed by atoms with Crippen LogP contribution in [0, 0.1) is 0 Å². The number of amides is 4. The number of halogens is 1. The van der Waals surface area contributed by atoms with Crippen LogP contribution in [0.3, 0.4) is 0 Å². The van der Waals surface area contributed by atoms with Crippen LogP contribution in [-0.4, -0.2) is 80.1 Å². The van der Waals surface area contributed by atoms with Crippen molar-refractivity contribution in [2.45, 2.75) is 49.9 Å². The smallest absolute Gasteiger partial charge is 0.305 e. The lowest BCUT2D eigenvalue weighted by Gasteiger charge is -2.25. The van der Waals surface area contributed by atoms with Gasteiger partial charge in [0.05, 0.1) is 12.5 Å². The Morgan fingerprint density at radius 1 is 0.932 bits per heavy atom. The number of primary amides is 1. The normalized spacial score (nSPS) is 14.5. The number of para-hydroxylation sites is 1. The number of nitrogens with two attached hydrogens (primary N) is 2. The molecule has 1 unspecified atom stereocenters. The Morgan fingerprint density at radius 2 is 1.59 bits per heavy atom. The predicted octanol–water partition coefficient (Wildman–Crippen LogP) is 0.117. The number of hydrogen-bond acceptors (Lipinski definition) is 7. The monoisotopic (exact) mass is 646 g/mol. The molecule has 1 aromatic heterocycles. The van der Waals surface area contributed by atoms with Crippen LogP contribution in [0.4, 0.5) is 0 Å². The van der Waals surface area contributed by atoms with Crippen LogP contribution < -0.4 is 27.4 Å². The van der Waals surface area contributed by atoms with Crippen LogP contribution >= 0.6 is 11.6 Å². The van der Waals surface area contributed by atoms with E-state index >= 15 is 0 Å². The minimum Gasteiger partial charge on any atom is -0.481 e. The molecule has 5 atom stereocenters. The number of aromatic amines is 1. The van der Waals surface area contributed by atoms with Crippen molar-refractivity contribution in [2.24, 2.45) is 11.5 Å². The van der Waals surface area contributed by atoms with Gasteiger partial charge in [-0.25, -0.2) is 0 Å². The van der Waals surface area contributed by atoms with E-state index in [1.165, 1.54) is 6.26 Å². The molecule has 0 saturated heterocycles. The summed E-state index contributed by atoms with van der Waals surface area (Å²) in [6.07, 6.45) is 2.36. The van der Waals surface area contributed by atoms with Crippen molar-refractivity contribution >= 4 is 62.9 Å². The zero-order valence-corrected chi connectivity index (χ0v) is 25.5. The third kappa shape index (κ3) is 10.2. The molecule has 0 aliphatic heterocycles. The lowest BCUT2D eigenvalue weighted by molar-refractivity contribution is -0.141. The van der Waals surface area contributed by atoms with Crippen LogP contribution in [0.2, 0.25) is 5.02 Å². The maximum Gasteiger partial charge on any atom is 0.305 e. The van der Waals surface area contributed by atoms with Gasteiger partial charge in [-0.05, 0) is 42.2 Å². The van der Waals surface area contributed by atoms with E-state index in [0.717, 1.165) is 16.5 Å². The third-order valence-electron chi connectivity index (χ3n) is 6.78. The Labute approximate surface area is 260 Å². The van der Waals surface area contributed by atoms with Gasteiger partial charge in [0.1, 0.15) is 18.1 Å². The molecule has 3 rings (SSSR count). The fourth-order valence-electron chi connectivity index (χ4n) is 4.51. The molecule has 13 nitrogen and oxygen atoms in total. The van der Waals surface area contributed by atoms with Gasteiger partial charge in [0, 0.05) is 51.4 Å². The molecule has 9 N–H and O–H groups in total. The molecule has 0 radical (unpaired) electrons. The molecule has 15 heteroatoms. The van der Waals surface area contributed by atoms with Crippen molar-refractivity contribution in [3.63, 3.8) is 0 Å². The molecule has 44 heavy (non-hydrogen) atoms. The fourth-order valence-corrected chi connectivity index (χ4v) is 5.29.